The molecule has 0 radical (unpaired) electrons. The Balaban J connectivity index is 2.11. The van der Waals surface area contributed by atoms with Gasteiger partial charge in [-0.2, -0.15) is 0 Å². The topological polar surface area (TPSA) is 124 Å². The number of hydrogen-bond acceptors (Lipinski definition) is 8. The molecule has 2 heterocycles. The van der Waals surface area contributed by atoms with Gasteiger partial charge in [-0.05, 0) is 19.8 Å². The Bertz CT molecular complexity index is 542. The number of nitrogens with zero attached hydrogens (tertiary/aromatic N) is 4. The van der Waals surface area contributed by atoms with E-state index < -0.39 is 4.92 Å². The monoisotopic (exact) mass is 295 g/mol. The van der Waals surface area contributed by atoms with E-state index in [1.807, 2.05) is 0 Å². The highest BCUT2D eigenvalue weighted by Gasteiger charge is 2.31. The summed E-state index contributed by atoms with van der Waals surface area (Å²) in [6.45, 7) is 3.09. The van der Waals surface area contributed by atoms with E-state index in [0.717, 1.165) is 0 Å². The van der Waals surface area contributed by atoms with Crippen molar-refractivity contribution < 1.29 is 14.5 Å². The summed E-state index contributed by atoms with van der Waals surface area (Å²) < 4.78 is 4.99. The lowest BCUT2D eigenvalue weighted by Crippen LogP contribution is -2.37. The maximum Gasteiger partial charge on any atom is 0.353 e. The summed E-state index contributed by atoms with van der Waals surface area (Å²) in [5.74, 6) is -0.333. The summed E-state index contributed by atoms with van der Waals surface area (Å²) in [6, 6.07) is 0. The van der Waals surface area contributed by atoms with Crippen LogP contribution in [0.1, 0.15) is 19.8 Å². The van der Waals surface area contributed by atoms with Gasteiger partial charge in [0.05, 0.1) is 17.4 Å². The zero-order valence-corrected chi connectivity index (χ0v) is 11.7. The Morgan fingerprint density at radius 2 is 2.19 bits per heavy atom. The molecule has 9 nitrogen and oxygen atoms in total. The Morgan fingerprint density at radius 1 is 1.52 bits per heavy atom. The van der Waals surface area contributed by atoms with Crippen molar-refractivity contribution in [2.24, 2.45) is 5.92 Å². The van der Waals surface area contributed by atoms with E-state index in [4.69, 9.17) is 10.5 Å². The molecule has 0 atom stereocenters. The SMILES string of the molecule is CCOC(=O)C1CCN(c2ncnc(N)c2[N+](=O)[O-])CC1. The van der Waals surface area contributed by atoms with E-state index in [2.05, 4.69) is 9.97 Å². The third kappa shape index (κ3) is 3.18. The van der Waals surface area contributed by atoms with Gasteiger partial charge in [0, 0.05) is 13.1 Å². The summed E-state index contributed by atoms with van der Waals surface area (Å²) in [6.07, 6.45) is 2.34. The molecule has 1 aliphatic heterocycles. The molecule has 2 rings (SSSR count). The zero-order chi connectivity index (χ0) is 15.4. The summed E-state index contributed by atoms with van der Waals surface area (Å²) in [4.78, 5) is 31.6. The standard InChI is InChI=1S/C12H17N5O4/c1-2-21-12(18)8-3-5-16(6-4-8)11-9(17(19)20)10(13)14-7-15-11/h7-8H,2-6H2,1H3,(H2,13,14,15). The molecule has 2 N–H and O–H groups in total. The van der Waals surface area contributed by atoms with Crippen LogP contribution in [0.3, 0.4) is 0 Å². The summed E-state index contributed by atoms with van der Waals surface area (Å²) in [5, 5.41) is 11.1. The highest BCUT2D eigenvalue weighted by Crippen LogP contribution is 2.32. The smallest absolute Gasteiger partial charge is 0.353 e. The van der Waals surface area contributed by atoms with E-state index in [1.165, 1.54) is 6.33 Å². The van der Waals surface area contributed by atoms with Crippen molar-refractivity contribution in [1.82, 2.24) is 9.97 Å². The quantitative estimate of drug-likeness (QED) is 0.490. The minimum atomic E-state index is -0.581. The molecule has 9 heteroatoms. The summed E-state index contributed by atoms with van der Waals surface area (Å²) >= 11 is 0. The minimum Gasteiger partial charge on any atom is -0.466 e. The van der Waals surface area contributed by atoms with Gasteiger partial charge < -0.3 is 15.4 Å². The lowest BCUT2D eigenvalue weighted by Gasteiger charge is -2.31. The van der Waals surface area contributed by atoms with Crippen LogP contribution in [0, 0.1) is 16.0 Å². The number of hydrogen-bond donors (Lipinski definition) is 1. The van der Waals surface area contributed by atoms with Crippen molar-refractivity contribution in [3.05, 3.63) is 16.4 Å². The fourth-order valence-corrected chi connectivity index (χ4v) is 2.38. The first-order valence-corrected chi connectivity index (χ1v) is 6.71. The van der Waals surface area contributed by atoms with Gasteiger partial charge in [-0.1, -0.05) is 0 Å². The van der Waals surface area contributed by atoms with Crippen molar-refractivity contribution in [2.45, 2.75) is 19.8 Å². The summed E-state index contributed by atoms with van der Waals surface area (Å²) in [7, 11) is 0. The lowest BCUT2D eigenvalue weighted by atomic mass is 9.97. The van der Waals surface area contributed by atoms with Gasteiger partial charge in [0.15, 0.2) is 0 Å². The first-order valence-electron chi connectivity index (χ1n) is 6.71. The van der Waals surface area contributed by atoms with Crippen LogP contribution in [0.25, 0.3) is 0 Å². The molecule has 0 amide bonds. The van der Waals surface area contributed by atoms with Crippen molar-refractivity contribution in [2.75, 3.05) is 30.3 Å². The highest BCUT2D eigenvalue weighted by molar-refractivity contribution is 5.73. The van der Waals surface area contributed by atoms with Crippen molar-refractivity contribution in [1.29, 1.82) is 0 Å². The molecular weight excluding hydrogens is 278 g/mol. The van der Waals surface area contributed by atoms with E-state index in [1.54, 1.807) is 11.8 Å². The Kier molecular flexibility index (Phi) is 4.51. The second-order valence-corrected chi connectivity index (χ2v) is 4.70. The van der Waals surface area contributed by atoms with Crippen LogP contribution in [-0.4, -0.2) is 40.6 Å². The van der Waals surface area contributed by atoms with Crippen molar-refractivity contribution in [3.8, 4) is 0 Å². The normalized spacial score (nSPS) is 15.8. The molecule has 0 bridgehead atoms. The van der Waals surface area contributed by atoms with Gasteiger partial charge in [0.1, 0.15) is 6.33 Å². The van der Waals surface area contributed by atoms with Gasteiger partial charge in [0.2, 0.25) is 11.6 Å². The molecule has 0 aliphatic carbocycles. The number of rotatable bonds is 4. The molecule has 0 saturated carbocycles. The Hall–Kier alpha value is -2.45. The van der Waals surface area contributed by atoms with Gasteiger partial charge >= 0.3 is 11.7 Å². The zero-order valence-electron chi connectivity index (χ0n) is 11.7. The highest BCUT2D eigenvalue weighted by atomic mass is 16.6. The number of anilines is 2. The van der Waals surface area contributed by atoms with E-state index in [9.17, 15) is 14.9 Å². The lowest BCUT2D eigenvalue weighted by molar-refractivity contribution is -0.383. The molecule has 1 aromatic rings. The molecule has 0 spiro atoms. The number of aromatic nitrogens is 2. The van der Waals surface area contributed by atoms with Gasteiger partial charge in [-0.25, -0.2) is 9.97 Å². The Morgan fingerprint density at radius 3 is 2.76 bits per heavy atom. The van der Waals surface area contributed by atoms with Gasteiger partial charge in [-0.3, -0.25) is 14.9 Å². The van der Waals surface area contributed by atoms with Crippen LogP contribution in [-0.2, 0) is 9.53 Å². The van der Waals surface area contributed by atoms with E-state index in [0.29, 0.717) is 32.5 Å². The van der Waals surface area contributed by atoms with Crippen LogP contribution in [0.15, 0.2) is 6.33 Å². The molecular formula is C12H17N5O4. The first-order chi connectivity index (χ1) is 10.0. The number of ether oxygens (including phenoxy) is 1. The molecule has 1 aliphatic rings. The van der Waals surface area contributed by atoms with Crippen LogP contribution in [0.4, 0.5) is 17.3 Å². The molecule has 1 saturated heterocycles. The third-order valence-electron chi connectivity index (χ3n) is 3.43. The van der Waals surface area contributed by atoms with Crippen LogP contribution < -0.4 is 10.6 Å². The fourth-order valence-electron chi connectivity index (χ4n) is 2.38. The predicted octanol–water partition coefficient (Wildman–Crippen LogP) is 0.747. The van der Waals surface area contributed by atoms with Gasteiger partial charge in [-0.15, -0.1) is 0 Å². The van der Waals surface area contributed by atoms with E-state index in [-0.39, 0.29) is 29.2 Å². The van der Waals surface area contributed by atoms with Crippen LogP contribution in [0.2, 0.25) is 0 Å². The molecule has 1 fully saturated rings. The largest absolute Gasteiger partial charge is 0.466 e. The number of piperidine rings is 1. The average molecular weight is 295 g/mol. The fraction of sp³-hybridized carbons (Fsp3) is 0.583. The first kappa shape index (κ1) is 14.9. The second-order valence-electron chi connectivity index (χ2n) is 4.70. The maximum absolute atomic E-state index is 11.7. The predicted molar refractivity (Wildman–Crippen MR) is 74.7 cm³/mol. The molecule has 114 valence electrons. The number of carbonyl (C=O) groups is 1. The van der Waals surface area contributed by atoms with Crippen LogP contribution >= 0.6 is 0 Å². The molecule has 21 heavy (non-hydrogen) atoms. The number of esters is 1. The Labute approximate surface area is 121 Å². The molecule has 0 aromatic carbocycles. The van der Waals surface area contributed by atoms with Crippen molar-refractivity contribution >= 4 is 23.3 Å². The number of nitrogen functional groups attached to an aromatic ring is 1. The maximum atomic E-state index is 11.7. The van der Waals surface area contributed by atoms with Crippen LogP contribution in [0.5, 0.6) is 0 Å². The number of nitrogens with two attached hydrogens (primary N) is 1. The summed E-state index contributed by atoms with van der Waals surface area (Å²) in [5.41, 5.74) is 5.27. The van der Waals surface area contributed by atoms with Crippen molar-refractivity contribution in [3.63, 3.8) is 0 Å². The van der Waals surface area contributed by atoms with E-state index >= 15 is 0 Å². The molecule has 0 unspecified atom stereocenters. The second kappa shape index (κ2) is 6.33. The average Bonchev–Trinajstić information content (AvgIpc) is 2.47. The number of nitro groups is 1. The van der Waals surface area contributed by atoms with Gasteiger partial charge in [0.25, 0.3) is 0 Å². The molecule has 1 aromatic heterocycles. The minimum absolute atomic E-state index is 0.155. The third-order valence-corrected chi connectivity index (χ3v) is 3.43. The number of carbonyl (C=O) groups excluding carboxylic acids is 1.